The van der Waals surface area contributed by atoms with Crippen LogP contribution >= 0.6 is 11.8 Å². The van der Waals surface area contributed by atoms with Crippen molar-refractivity contribution >= 4 is 34.6 Å². The smallest absolute Gasteiger partial charge is 0.267 e. The van der Waals surface area contributed by atoms with Gasteiger partial charge in [0, 0.05) is 23.1 Å². The van der Waals surface area contributed by atoms with Crippen molar-refractivity contribution in [1.29, 1.82) is 0 Å². The van der Waals surface area contributed by atoms with E-state index in [-0.39, 0.29) is 11.9 Å². The highest BCUT2D eigenvalue weighted by molar-refractivity contribution is 8.18. The molecule has 2 aromatic carbocycles. The highest BCUT2D eigenvalue weighted by atomic mass is 32.2. The van der Waals surface area contributed by atoms with E-state index in [9.17, 15) is 4.79 Å². The van der Waals surface area contributed by atoms with Gasteiger partial charge in [-0.05, 0) is 105 Å². The fraction of sp³-hybridized carbons (Fsp3) is 0.355. The molecule has 186 valence electrons. The normalized spacial score (nSPS) is 22.7. The van der Waals surface area contributed by atoms with Gasteiger partial charge < -0.3 is 4.57 Å². The van der Waals surface area contributed by atoms with E-state index in [1.165, 1.54) is 40.7 Å². The number of hydrogen-bond donors (Lipinski definition) is 0. The number of thioether (sulfide) groups is 1. The fourth-order valence-corrected chi connectivity index (χ4v) is 6.61. The molecule has 5 heteroatoms. The van der Waals surface area contributed by atoms with Gasteiger partial charge in [-0.25, -0.2) is 4.99 Å². The molecule has 1 aliphatic heterocycles. The summed E-state index contributed by atoms with van der Waals surface area (Å²) in [5, 5.41) is 0.805. The zero-order valence-corrected chi connectivity index (χ0v) is 22.7. The molecule has 3 aromatic rings. The first-order chi connectivity index (χ1) is 17.3. The fourth-order valence-electron chi connectivity index (χ4n) is 5.57. The number of nitrogens with zero attached hydrogens (tertiary/aromatic N) is 3. The SMILES string of the molecule is Cc1cccc(-n2c(C)cc(/C=C3\SC(=Nc4ccccc4)N([C@H]4CCCC[C@@H]4C)C3=O)c2C)c1C. The van der Waals surface area contributed by atoms with Gasteiger partial charge in [-0.15, -0.1) is 0 Å². The van der Waals surface area contributed by atoms with Gasteiger partial charge in [-0.3, -0.25) is 9.69 Å². The Kier molecular flexibility index (Phi) is 6.94. The number of para-hydroxylation sites is 1. The van der Waals surface area contributed by atoms with E-state index in [1.54, 1.807) is 0 Å². The number of rotatable bonds is 4. The van der Waals surface area contributed by atoms with Crippen molar-refractivity contribution in [3.05, 3.63) is 87.6 Å². The predicted octanol–water partition coefficient (Wildman–Crippen LogP) is 7.89. The first-order valence-corrected chi connectivity index (χ1v) is 13.8. The standard InChI is InChI=1S/C31H35N3OS/c1-20-13-11-17-28(23(20)4)33-22(3)18-25(24(33)5)19-29-30(35)34(27-16-10-9-12-21(27)2)31(36-29)32-26-14-7-6-8-15-26/h6-8,11,13-15,17-19,21,27H,9-10,12,16H2,1-5H3/b29-19-,32-31?/t21-,27-/m0/s1. The molecule has 0 N–H and O–H groups in total. The zero-order valence-electron chi connectivity index (χ0n) is 21.9. The van der Waals surface area contributed by atoms with Crippen LogP contribution in [-0.4, -0.2) is 26.6 Å². The van der Waals surface area contributed by atoms with Crippen molar-refractivity contribution in [2.45, 2.75) is 66.3 Å². The van der Waals surface area contributed by atoms with Crippen LogP contribution in [0.1, 0.15) is 60.7 Å². The lowest BCUT2D eigenvalue weighted by atomic mass is 9.85. The lowest BCUT2D eigenvalue weighted by molar-refractivity contribution is -0.124. The minimum absolute atomic E-state index is 0.0879. The van der Waals surface area contributed by atoms with E-state index >= 15 is 0 Å². The molecule has 0 bridgehead atoms. The van der Waals surface area contributed by atoms with Crippen molar-refractivity contribution in [1.82, 2.24) is 9.47 Å². The molecule has 1 aromatic heterocycles. The summed E-state index contributed by atoms with van der Waals surface area (Å²) < 4.78 is 2.30. The monoisotopic (exact) mass is 497 g/mol. The van der Waals surface area contributed by atoms with Gasteiger partial charge in [-0.2, -0.15) is 0 Å². The molecule has 2 fully saturated rings. The molecule has 5 rings (SSSR count). The molecule has 0 radical (unpaired) electrons. The van der Waals surface area contributed by atoms with Gasteiger partial charge in [0.2, 0.25) is 0 Å². The summed E-state index contributed by atoms with van der Waals surface area (Å²) in [5.41, 5.74) is 8.04. The second-order valence-electron chi connectivity index (χ2n) is 10.2. The van der Waals surface area contributed by atoms with E-state index in [0.717, 1.165) is 46.3 Å². The molecule has 36 heavy (non-hydrogen) atoms. The average molecular weight is 498 g/mol. The summed E-state index contributed by atoms with van der Waals surface area (Å²) in [4.78, 5) is 21.6. The second kappa shape index (κ2) is 10.1. The summed E-state index contributed by atoms with van der Waals surface area (Å²) in [6.07, 6.45) is 6.68. The lowest BCUT2D eigenvalue weighted by Gasteiger charge is -2.35. The minimum atomic E-state index is 0.0879. The summed E-state index contributed by atoms with van der Waals surface area (Å²) in [7, 11) is 0. The third-order valence-electron chi connectivity index (χ3n) is 7.79. The molecule has 1 saturated carbocycles. The maximum atomic E-state index is 13.9. The van der Waals surface area contributed by atoms with Crippen LogP contribution in [0.2, 0.25) is 0 Å². The summed E-state index contributed by atoms with van der Waals surface area (Å²) in [5.74, 6) is 0.558. The summed E-state index contributed by atoms with van der Waals surface area (Å²) >= 11 is 1.52. The molecule has 2 heterocycles. The number of hydrogen-bond acceptors (Lipinski definition) is 3. The van der Waals surface area contributed by atoms with Crippen LogP contribution in [0.3, 0.4) is 0 Å². The molecular formula is C31H35N3OS. The van der Waals surface area contributed by atoms with Crippen LogP contribution in [0.15, 0.2) is 64.5 Å². The number of carbonyl (C=O) groups excluding carboxylic acids is 1. The number of amidine groups is 1. The molecule has 0 spiro atoms. The molecule has 2 aliphatic rings. The Morgan fingerprint density at radius 3 is 2.47 bits per heavy atom. The van der Waals surface area contributed by atoms with Gasteiger partial charge in [-0.1, -0.05) is 50.1 Å². The first-order valence-electron chi connectivity index (χ1n) is 13.0. The number of aliphatic imine (C=N–C) groups is 1. The highest BCUT2D eigenvalue weighted by Crippen LogP contribution is 2.40. The molecule has 1 amide bonds. The molecule has 2 atom stereocenters. The Balaban J connectivity index is 1.55. The Morgan fingerprint density at radius 2 is 1.72 bits per heavy atom. The lowest BCUT2D eigenvalue weighted by Crippen LogP contribution is -2.44. The van der Waals surface area contributed by atoms with Gasteiger partial charge in [0.05, 0.1) is 10.6 Å². The van der Waals surface area contributed by atoms with E-state index < -0.39 is 0 Å². The van der Waals surface area contributed by atoms with Gasteiger partial charge in [0.15, 0.2) is 5.17 Å². The van der Waals surface area contributed by atoms with Crippen LogP contribution < -0.4 is 0 Å². The molecular weight excluding hydrogens is 462 g/mol. The van der Waals surface area contributed by atoms with Crippen molar-refractivity contribution < 1.29 is 4.79 Å². The Morgan fingerprint density at radius 1 is 0.972 bits per heavy atom. The first kappa shape index (κ1) is 24.6. The van der Waals surface area contributed by atoms with Crippen molar-refractivity contribution in [2.75, 3.05) is 0 Å². The number of amides is 1. The van der Waals surface area contributed by atoms with E-state index in [1.807, 2.05) is 35.2 Å². The number of benzene rings is 2. The summed E-state index contributed by atoms with van der Waals surface area (Å²) in [6.45, 7) is 10.9. The zero-order chi connectivity index (χ0) is 25.4. The largest absolute Gasteiger partial charge is 0.318 e. The number of aromatic nitrogens is 1. The van der Waals surface area contributed by atoms with E-state index in [4.69, 9.17) is 4.99 Å². The van der Waals surface area contributed by atoms with Gasteiger partial charge in [0.1, 0.15) is 0 Å². The maximum absolute atomic E-state index is 13.9. The van der Waals surface area contributed by atoms with Crippen LogP contribution in [0.25, 0.3) is 11.8 Å². The molecule has 0 unspecified atom stereocenters. The Bertz CT molecular complexity index is 1350. The molecule has 1 aliphatic carbocycles. The quantitative estimate of drug-likeness (QED) is 0.344. The maximum Gasteiger partial charge on any atom is 0.267 e. The third-order valence-corrected chi connectivity index (χ3v) is 8.77. The predicted molar refractivity (Wildman–Crippen MR) is 152 cm³/mol. The van der Waals surface area contributed by atoms with Gasteiger partial charge >= 0.3 is 0 Å². The van der Waals surface area contributed by atoms with Crippen LogP contribution in [0.5, 0.6) is 0 Å². The van der Waals surface area contributed by atoms with Crippen LogP contribution in [0.4, 0.5) is 5.69 Å². The van der Waals surface area contributed by atoms with Crippen molar-refractivity contribution in [3.8, 4) is 5.69 Å². The van der Waals surface area contributed by atoms with Gasteiger partial charge in [0.25, 0.3) is 5.91 Å². The van der Waals surface area contributed by atoms with Crippen molar-refractivity contribution in [2.24, 2.45) is 10.9 Å². The second-order valence-corrected chi connectivity index (χ2v) is 11.2. The molecule has 1 saturated heterocycles. The average Bonchev–Trinajstić information content (AvgIpc) is 3.31. The molecule has 4 nitrogen and oxygen atoms in total. The highest BCUT2D eigenvalue weighted by Gasteiger charge is 2.41. The topological polar surface area (TPSA) is 37.6 Å². The van der Waals surface area contributed by atoms with E-state index in [0.29, 0.717) is 5.92 Å². The van der Waals surface area contributed by atoms with Crippen LogP contribution in [-0.2, 0) is 4.79 Å². The minimum Gasteiger partial charge on any atom is -0.318 e. The van der Waals surface area contributed by atoms with Crippen LogP contribution in [0, 0.1) is 33.6 Å². The Labute approximate surface area is 219 Å². The third kappa shape index (κ3) is 4.57. The van der Waals surface area contributed by atoms with Crippen molar-refractivity contribution in [3.63, 3.8) is 0 Å². The number of carbonyl (C=O) groups is 1. The Hall–Kier alpha value is -3.05. The summed E-state index contributed by atoms with van der Waals surface area (Å²) in [6, 6.07) is 18.8. The van der Waals surface area contributed by atoms with E-state index in [2.05, 4.69) is 69.5 Å². The number of aryl methyl sites for hydroxylation is 2.